The van der Waals surface area contributed by atoms with Gasteiger partial charge in [-0.1, -0.05) is 30.3 Å². The number of carbonyl (C=O) groups is 1. The molecule has 118 valence electrons. The van der Waals surface area contributed by atoms with E-state index in [9.17, 15) is 4.79 Å². The van der Waals surface area contributed by atoms with Crippen LogP contribution < -0.4 is 10.6 Å². The fourth-order valence-corrected chi connectivity index (χ4v) is 3.60. The molecule has 2 N–H and O–H groups in total. The van der Waals surface area contributed by atoms with Crippen LogP contribution in [0.2, 0.25) is 0 Å². The maximum absolute atomic E-state index is 11.9. The van der Waals surface area contributed by atoms with Gasteiger partial charge in [0, 0.05) is 37.9 Å². The van der Waals surface area contributed by atoms with Crippen LogP contribution in [-0.2, 0) is 4.79 Å². The largest absolute Gasteiger partial charge is 0.353 e. The van der Waals surface area contributed by atoms with Crippen LogP contribution in [0.1, 0.15) is 11.5 Å². The van der Waals surface area contributed by atoms with E-state index < -0.39 is 0 Å². The van der Waals surface area contributed by atoms with Crippen LogP contribution in [0, 0.1) is 0 Å². The number of aldehydes is 1. The van der Waals surface area contributed by atoms with Gasteiger partial charge in [0.25, 0.3) is 0 Å². The van der Waals surface area contributed by atoms with E-state index in [1.165, 1.54) is 0 Å². The fourth-order valence-electron chi connectivity index (χ4n) is 3.60. The van der Waals surface area contributed by atoms with E-state index in [0.29, 0.717) is 0 Å². The van der Waals surface area contributed by atoms with Crippen molar-refractivity contribution in [1.82, 2.24) is 15.2 Å². The number of nitrogens with one attached hydrogen (secondary N) is 2. The van der Waals surface area contributed by atoms with E-state index in [-0.39, 0.29) is 12.1 Å². The molecule has 0 aliphatic carbocycles. The first-order valence-electron chi connectivity index (χ1n) is 8.09. The molecule has 2 aliphatic rings. The zero-order chi connectivity index (χ0) is 15.6. The first-order valence-corrected chi connectivity index (χ1v) is 8.09. The summed E-state index contributed by atoms with van der Waals surface area (Å²) in [7, 11) is 0. The van der Waals surface area contributed by atoms with Gasteiger partial charge < -0.3 is 15.4 Å². The maximum atomic E-state index is 11.9. The summed E-state index contributed by atoms with van der Waals surface area (Å²) in [5, 5.41) is 6.83. The molecular formula is C18H20N4O. The monoisotopic (exact) mass is 308 g/mol. The van der Waals surface area contributed by atoms with Crippen LogP contribution in [0.25, 0.3) is 11.1 Å². The molecule has 0 saturated carbocycles. The van der Waals surface area contributed by atoms with Crippen LogP contribution >= 0.6 is 0 Å². The van der Waals surface area contributed by atoms with Gasteiger partial charge >= 0.3 is 0 Å². The second-order valence-corrected chi connectivity index (χ2v) is 6.02. The van der Waals surface area contributed by atoms with Gasteiger partial charge in [0.15, 0.2) is 0 Å². The first kappa shape index (κ1) is 14.4. The lowest BCUT2D eigenvalue weighted by Crippen LogP contribution is -2.51. The number of benzene rings is 1. The zero-order valence-electron chi connectivity index (χ0n) is 12.9. The number of aromatic nitrogens is 1. The number of carbonyl (C=O) groups excluding carboxylic acids is 1. The van der Waals surface area contributed by atoms with Gasteiger partial charge in [-0.25, -0.2) is 4.98 Å². The Labute approximate surface area is 135 Å². The Hall–Kier alpha value is -2.24. The standard InChI is InChI=1S/C18H20N4O/c23-12-15-16-14(13-4-2-1-3-5-13)6-7-20-17(16)21-18(15)22-10-8-19-9-11-22/h1-7,12,15,18-19H,8-11H2,(H,20,21). The highest BCUT2D eigenvalue weighted by Gasteiger charge is 2.38. The second kappa shape index (κ2) is 6.10. The lowest BCUT2D eigenvalue weighted by Gasteiger charge is -2.34. The number of anilines is 1. The molecule has 2 aromatic rings. The number of hydrogen-bond donors (Lipinski definition) is 2. The van der Waals surface area contributed by atoms with Crippen molar-refractivity contribution in [2.75, 3.05) is 31.5 Å². The van der Waals surface area contributed by atoms with E-state index in [1.54, 1.807) is 0 Å². The van der Waals surface area contributed by atoms with E-state index in [2.05, 4.69) is 32.7 Å². The number of rotatable bonds is 3. The zero-order valence-corrected chi connectivity index (χ0v) is 12.9. The maximum Gasteiger partial charge on any atom is 0.131 e. The van der Waals surface area contributed by atoms with Crippen molar-refractivity contribution in [3.05, 3.63) is 48.2 Å². The van der Waals surface area contributed by atoms with Gasteiger partial charge in [-0.3, -0.25) is 4.90 Å². The lowest BCUT2D eigenvalue weighted by molar-refractivity contribution is -0.110. The minimum atomic E-state index is -0.188. The van der Waals surface area contributed by atoms with Crippen LogP contribution in [-0.4, -0.2) is 48.5 Å². The SMILES string of the molecule is O=CC1c2c(-c3ccccc3)ccnc2NC1N1CCNCC1. The first-order chi connectivity index (χ1) is 11.4. The minimum Gasteiger partial charge on any atom is -0.353 e. The molecule has 1 saturated heterocycles. The third-order valence-corrected chi connectivity index (χ3v) is 4.72. The van der Waals surface area contributed by atoms with E-state index in [4.69, 9.17) is 0 Å². The second-order valence-electron chi connectivity index (χ2n) is 6.02. The quantitative estimate of drug-likeness (QED) is 0.845. The third kappa shape index (κ3) is 2.52. The van der Waals surface area contributed by atoms with Gasteiger partial charge in [0.2, 0.25) is 0 Å². The van der Waals surface area contributed by atoms with Crippen molar-refractivity contribution < 1.29 is 4.79 Å². The summed E-state index contributed by atoms with van der Waals surface area (Å²) in [6.07, 6.45) is 2.89. The molecule has 1 aromatic carbocycles. The van der Waals surface area contributed by atoms with Crippen LogP contribution in [0.3, 0.4) is 0 Å². The highest BCUT2D eigenvalue weighted by Crippen LogP contribution is 2.41. The lowest BCUT2D eigenvalue weighted by atomic mass is 9.92. The van der Waals surface area contributed by atoms with Crippen LogP contribution in [0.5, 0.6) is 0 Å². The number of nitrogens with zero attached hydrogens (tertiary/aromatic N) is 2. The predicted octanol–water partition coefficient (Wildman–Crippen LogP) is 1.69. The molecular weight excluding hydrogens is 288 g/mol. The average Bonchev–Trinajstić information content (AvgIpc) is 3.02. The summed E-state index contributed by atoms with van der Waals surface area (Å²) in [5.74, 6) is 0.652. The predicted molar refractivity (Wildman–Crippen MR) is 90.3 cm³/mol. The third-order valence-electron chi connectivity index (χ3n) is 4.72. The normalized spacial score (nSPS) is 24.0. The van der Waals surface area contributed by atoms with Gasteiger partial charge in [0.1, 0.15) is 12.1 Å². The Kier molecular flexibility index (Phi) is 3.81. The molecule has 2 unspecified atom stereocenters. The molecule has 0 bridgehead atoms. The number of piperazine rings is 1. The molecule has 5 nitrogen and oxygen atoms in total. The van der Waals surface area contributed by atoms with Crippen molar-refractivity contribution in [3.63, 3.8) is 0 Å². The molecule has 2 aliphatic heterocycles. The number of pyridine rings is 1. The van der Waals surface area contributed by atoms with Crippen LogP contribution in [0.4, 0.5) is 5.82 Å². The Balaban J connectivity index is 1.74. The molecule has 3 heterocycles. The van der Waals surface area contributed by atoms with E-state index in [0.717, 1.165) is 55.0 Å². The van der Waals surface area contributed by atoms with Crippen molar-refractivity contribution in [2.45, 2.75) is 12.1 Å². The number of hydrogen-bond acceptors (Lipinski definition) is 5. The summed E-state index contributed by atoms with van der Waals surface area (Å²) in [6.45, 7) is 3.80. The van der Waals surface area contributed by atoms with Crippen molar-refractivity contribution >= 4 is 12.1 Å². The smallest absolute Gasteiger partial charge is 0.131 e. The Morgan fingerprint density at radius 3 is 2.65 bits per heavy atom. The Morgan fingerprint density at radius 1 is 1.13 bits per heavy atom. The van der Waals surface area contributed by atoms with Gasteiger partial charge in [-0.05, 0) is 17.2 Å². The molecule has 1 fully saturated rings. The molecule has 0 spiro atoms. The molecule has 0 radical (unpaired) electrons. The highest BCUT2D eigenvalue weighted by atomic mass is 16.1. The van der Waals surface area contributed by atoms with Crippen molar-refractivity contribution in [2.24, 2.45) is 0 Å². The van der Waals surface area contributed by atoms with Gasteiger partial charge in [-0.15, -0.1) is 0 Å². The van der Waals surface area contributed by atoms with Crippen molar-refractivity contribution in [1.29, 1.82) is 0 Å². The molecule has 4 rings (SSSR count). The summed E-state index contributed by atoms with van der Waals surface area (Å²) in [5.41, 5.74) is 3.25. The summed E-state index contributed by atoms with van der Waals surface area (Å²) in [4.78, 5) is 18.7. The molecule has 1 aromatic heterocycles. The number of fused-ring (bicyclic) bond motifs is 1. The molecule has 5 heteroatoms. The molecule has 2 atom stereocenters. The van der Waals surface area contributed by atoms with E-state index in [1.807, 2.05) is 30.5 Å². The van der Waals surface area contributed by atoms with Crippen LogP contribution in [0.15, 0.2) is 42.6 Å². The van der Waals surface area contributed by atoms with Gasteiger partial charge in [0.05, 0.1) is 12.1 Å². The minimum absolute atomic E-state index is 0.00182. The van der Waals surface area contributed by atoms with Gasteiger partial charge in [-0.2, -0.15) is 0 Å². The fraction of sp³-hybridized carbons (Fsp3) is 0.333. The molecule has 23 heavy (non-hydrogen) atoms. The Morgan fingerprint density at radius 2 is 1.91 bits per heavy atom. The summed E-state index contributed by atoms with van der Waals surface area (Å²) >= 11 is 0. The highest BCUT2D eigenvalue weighted by molar-refractivity contribution is 5.82. The van der Waals surface area contributed by atoms with E-state index >= 15 is 0 Å². The summed E-state index contributed by atoms with van der Waals surface area (Å²) < 4.78 is 0. The summed E-state index contributed by atoms with van der Waals surface area (Å²) in [6, 6.07) is 12.2. The molecule has 0 amide bonds. The Bertz CT molecular complexity index is 697. The average molecular weight is 308 g/mol. The topological polar surface area (TPSA) is 57.3 Å². The van der Waals surface area contributed by atoms with Crippen molar-refractivity contribution in [3.8, 4) is 11.1 Å².